The number of aromatic nitrogens is 2. The first kappa shape index (κ1) is 19.8. The maximum atomic E-state index is 12.5. The number of nitrogens with zero attached hydrogens (tertiary/aromatic N) is 3. The average molecular weight is 443 g/mol. The van der Waals surface area contributed by atoms with Crippen molar-refractivity contribution in [2.45, 2.75) is 19.3 Å². The summed E-state index contributed by atoms with van der Waals surface area (Å²) in [5.74, 6) is -0.224. The number of nitro groups is 1. The SMILES string of the molecule is CC(C)(CNC(=O)c1cnn(-c2ccc([N+](=O)[O-])cc2)c1)c1ccc(Br)cc1. The molecule has 8 heteroatoms. The summed E-state index contributed by atoms with van der Waals surface area (Å²) >= 11 is 3.43. The third-order valence-corrected chi connectivity index (χ3v) is 5.02. The van der Waals surface area contributed by atoms with E-state index in [2.05, 4.69) is 40.2 Å². The molecular weight excluding hydrogens is 424 g/mol. The molecule has 2 aromatic carbocycles. The van der Waals surface area contributed by atoms with Crippen LogP contribution in [0.3, 0.4) is 0 Å². The van der Waals surface area contributed by atoms with Crippen LogP contribution in [0.2, 0.25) is 0 Å². The van der Waals surface area contributed by atoms with Crippen molar-refractivity contribution in [3.8, 4) is 5.69 Å². The zero-order valence-corrected chi connectivity index (χ0v) is 17.0. The molecule has 1 aromatic heterocycles. The smallest absolute Gasteiger partial charge is 0.269 e. The largest absolute Gasteiger partial charge is 0.351 e. The van der Waals surface area contributed by atoms with E-state index in [1.165, 1.54) is 23.0 Å². The zero-order valence-electron chi connectivity index (χ0n) is 15.4. The van der Waals surface area contributed by atoms with Gasteiger partial charge in [-0.05, 0) is 29.8 Å². The second-order valence-electron chi connectivity index (χ2n) is 7.02. The summed E-state index contributed by atoms with van der Waals surface area (Å²) in [7, 11) is 0. The van der Waals surface area contributed by atoms with Crippen molar-refractivity contribution < 1.29 is 9.72 Å². The summed E-state index contributed by atoms with van der Waals surface area (Å²) in [6.07, 6.45) is 3.08. The van der Waals surface area contributed by atoms with E-state index in [1.54, 1.807) is 18.3 Å². The minimum Gasteiger partial charge on any atom is -0.351 e. The molecule has 0 unspecified atom stereocenters. The second-order valence-corrected chi connectivity index (χ2v) is 7.94. The van der Waals surface area contributed by atoms with E-state index in [9.17, 15) is 14.9 Å². The topological polar surface area (TPSA) is 90.1 Å². The van der Waals surface area contributed by atoms with Crippen molar-refractivity contribution in [3.63, 3.8) is 0 Å². The first-order valence-electron chi connectivity index (χ1n) is 8.60. The van der Waals surface area contributed by atoms with E-state index in [0.29, 0.717) is 17.8 Å². The second kappa shape index (κ2) is 7.93. The van der Waals surface area contributed by atoms with Gasteiger partial charge < -0.3 is 5.32 Å². The molecule has 0 aliphatic heterocycles. The fourth-order valence-corrected chi connectivity index (χ4v) is 2.98. The molecule has 0 saturated carbocycles. The third-order valence-electron chi connectivity index (χ3n) is 4.49. The van der Waals surface area contributed by atoms with Crippen LogP contribution >= 0.6 is 15.9 Å². The molecule has 0 aliphatic rings. The quantitative estimate of drug-likeness (QED) is 0.456. The molecule has 1 amide bonds. The standard InChI is InChI=1S/C20H19BrN4O3/c1-20(2,15-3-5-16(21)6-4-15)13-22-19(26)14-11-23-24(12-14)17-7-9-18(10-8-17)25(27)28/h3-12H,13H2,1-2H3,(H,22,26). The average Bonchev–Trinajstić information content (AvgIpc) is 3.17. The molecule has 3 rings (SSSR count). The van der Waals surface area contributed by atoms with Crippen LogP contribution in [0.15, 0.2) is 65.4 Å². The molecule has 0 radical (unpaired) electrons. The van der Waals surface area contributed by atoms with Crippen molar-refractivity contribution in [2.24, 2.45) is 0 Å². The molecule has 0 aliphatic carbocycles. The maximum Gasteiger partial charge on any atom is 0.269 e. The predicted octanol–water partition coefficient (Wildman–Crippen LogP) is 4.25. The normalized spacial score (nSPS) is 11.2. The Bertz CT molecular complexity index is 995. The number of hydrogen-bond acceptors (Lipinski definition) is 4. The van der Waals surface area contributed by atoms with Gasteiger partial charge in [0.1, 0.15) is 0 Å². The van der Waals surface area contributed by atoms with E-state index < -0.39 is 4.92 Å². The van der Waals surface area contributed by atoms with E-state index in [4.69, 9.17) is 0 Å². The molecule has 7 nitrogen and oxygen atoms in total. The van der Waals surface area contributed by atoms with Crippen molar-refractivity contribution in [1.82, 2.24) is 15.1 Å². The van der Waals surface area contributed by atoms with Gasteiger partial charge in [-0.3, -0.25) is 14.9 Å². The van der Waals surface area contributed by atoms with Gasteiger partial charge >= 0.3 is 0 Å². The van der Waals surface area contributed by atoms with Gasteiger partial charge in [0.25, 0.3) is 11.6 Å². The number of rotatable bonds is 6. The number of halogens is 1. The number of carbonyl (C=O) groups excluding carboxylic acids is 1. The van der Waals surface area contributed by atoms with Gasteiger partial charge in [-0.15, -0.1) is 0 Å². The molecule has 0 fully saturated rings. The van der Waals surface area contributed by atoms with Crippen LogP contribution in [0.1, 0.15) is 29.8 Å². The third kappa shape index (κ3) is 4.45. The van der Waals surface area contributed by atoms with Gasteiger partial charge in [0.15, 0.2) is 0 Å². The van der Waals surface area contributed by atoms with Crippen molar-refractivity contribution >= 4 is 27.5 Å². The van der Waals surface area contributed by atoms with Crippen LogP contribution in [0.5, 0.6) is 0 Å². The van der Waals surface area contributed by atoms with Gasteiger partial charge in [0.2, 0.25) is 0 Å². The van der Waals surface area contributed by atoms with Gasteiger partial charge in [-0.25, -0.2) is 4.68 Å². The Labute approximate surface area is 170 Å². The molecule has 0 atom stereocenters. The Morgan fingerprint density at radius 1 is 1.18 bits per heavy atom. The molecule has 144 valence electrons. The number of nitrogens with one attached hydrogen (secondary N) is 1. The van der Waals surface area contributed by atoms with Crippen molar-refractivity contribution in [2.75, 3.05) is 6.54 Å². The van der Waals surface area contributed by atoms with Crippen LogP contribution in [-0.4, -0.2) is 27.2 Å². The molecule has 0 bridgehead atoms. The lowest BCUT2D eigenvalue weighted by Gasteiger charge is -2.25. The minimum atomic E-state index is -0.459. The van der Waals surface area contributed by atoms with Crippen LogP contribution < -0.4 is 5.32 Å². The Morgan fingerprint density at radius 2 is 1.82 bits per heavy atom. The number of benzene rings is 2. The highest BCUT2D eigenvalue weighted by atomic mass is 79.9. The molecule has 28 heavy (non-hydrogen) atoms. The number of hydrogen-bond donors (Lipinski definition) is 1. The van der Waals surface area contributed by atoms with Gasteiger partial charge in [0, 0.05) is 34.8 Å². The molecule has 1 N–H and O–H groups in total. The van der Waals surface area contributed by atoms with Crippen LogP contribution in [-0.2, 0) is 5.41 Å². The highest BCUT2D eigenvalue weighted by molar-refractivity contribution is 9.10. The van der Waals surface area contributed by atoms with E-state index in [1.807, 2.05) is 24.3 Å². The van der Waals surface area contributed by atoms with Crippen LogP contribution in [0.4, 0.5) is 5.69 Å². The number of non-ortho nitro benzene ring substituents is 1. The van der Waals surface area contributed by atoms with Gasteiger partial charge in [-0.2, -0.15) is 5.10 Å². The predicted molar refractivity (Wildman–Crippen MR) is 110 cm³/mol. The first-order chi connectivity index (χ1) is 13.3. The number of nitro benzene ring substituents is 1. The summed E-state index contributed by atoms with van der Waals surface area (Å²) in [4.78, 5) is 22.8. The lowest BCUT2D eigenvalue weighted by atomic mass is 9.84. The monoisotopic (exact) mass is 442 g/mol. The zero-order chi connectivity index (χ0) is 20.3. The fourth-order valence-electron chi connectivity index (χ4n) is 2.71. The van der Waals surface area contributed by atoms with E-state index in [0.717, 1.165) is 10.0 Å². The Morgan fingerprint density at radius 3 is 2.43 bits per heavy atom. The highest BCUT2D eigenvalue weighted by Gasteiger charge is 2.22. The summed E-state index contributed by atoms with van der Waals surface area (Å²) in [6.45, 7) is 4.60. The van der Waals surface area contributed by atoms with Crippen LogP contribution in [0, 0.1) is 10.1 Å². The fraction of sp³-hybridized carbons (Fsp3) is 0.200. The van der Waals surface area contributed by atoms with Crippen LogP contribution in [0.25, 0.3) is 5.69 Å². The Hall–Kier alpha value is -3.00. The number of carbonyl (C=O) groups is 1. The van der Waals surface area contributed by atoms with Gasteiger partial charge in [-0.1, -0.05) is 41.9 Å². The molecule has 0 saturated heterocycles. The van der Waals surface area contributed by atoms with Crippen molar-refractivity contribution in [1.29, 1.82) is 0 Å². The summed E-state index contributed by atoms with van der Waals surface area (Å²) in [6, 6.07) is 14.0. The Balaban J connectivity index is 1.67. The van der Waals surface area contributed by atoms with E-state index >= 15 is 0 Å². The summed E-state index contributed by atoms with van der Waals surface area (Å²) in [5.41, 5.74) is 1.96. The van der Waals surface area contributed by atoms with E-state index in [-0.39, 0.29) is 17.0 Å². The lowest BCUT2D eigenvalue weighted by Crippen LogP contribution is -2.36. The molecule has 3 aromatic rings. The number of amides is 1. The molecule has 1 heterocycles. The summed E-state index contributed by atoms with van der Waals surface area (Å²) in [5, 5.41) is 17.9. The lowest BCUT2D eigenvalue weighted by molar-refractivity contribution is -0.384. The highest BCUT2D eigenvalue weighted by Crippen LogP contribution is 2.24. The Kier molecular flexibility index (Phi) is 5.60. The molecular formula is C20H19BrN4O3. The molecule has 0 spiro atoms. The van der Waals surface area contributed by atoms with Gasteiger partial charge in [0.05, 0.1) is 22.4 Å². The van der Waals surface area contributed by atoms with Crippen molar-refractivity contribution in [3.05, 3.63) is 86.6 Å². The first-order valence-corrected chi connectivity index (χ1v) is 9.39. The summed E-state index contributed by atoms with van der Waals surface area (Å²) < 4.78 is 2.52. The minimum absolute atomic E-state index is 0.00375. The maximum absolute atomic E-state index is 12.5.